The van der Waals surface area contributed by atoms with E-state index in [1.54, 1.807) is 0 Å². The summed E-state index contributed by atoms with van der Waals surface area (Å²) in [4.78, 5) is 3.29. The molecule has 6 heteroatoms. The second-order valence-electron chi connectivity index (χ2n) is 3.24. The molecule has 0 fully saturated rings. The first-order chi connectivity index (χ1) is 6.08. The summed E-state index contributed by atoms with van der Waals surface area (Å²) < 4.78 is 0. The molecule has 1 atom stereocenters. The number of hydrogen-bond acceptors (Lipinski definition) is 5. The summed E-state index contributed by atoms with van der Waals surface area (Å²) in [5.74, 6) is 0.372. The maximum absolute atomic E-state index is 9.50. The van der Waals surface area contributed by atoms with Gasteiger partial charge in [0.25, 0.3) is 0 Å². The van der Waals surface area contributed by atoms with Crippen molar-refractivity contribution in [2.24, 2.45) is 0 Å². The first-order valence-corrected chi connectivity index (χ1v) is 4.06. The highest BCUT2D eigenvalue weighted by Gasteiger charge is 2.07. The zero-order chi connectivity index (χ0) is 9.84. The van der Waals surface area contributed by atoms with Crippen molar-refractivity contribution >= 4 is 5.82 Å². The van der Waals surface area contributed by atoms with Crippen LogP contribution < -0.4 is 5.73 Å². The Hall–Kier alpha value is -1.14. The van der Waals surface area contributed by atoms with Crippen LogP contribution in [-0.2, 0) is 6.54 Å². The lowest BCUT2D eigenvalue weighted by Crippen LogP contribution is -2.30. The van der Waals surface area contributed by atoms with Crippen LogP contribution in [0, 0.1) is 0 Å². The van der Waals surface area contributed by atoms with Gasteiger partial charge in [0, 0.05) is 6.54 Å². The van der Waals surface area contributed by atoms with E-state index in [0.717, 1.165) is 0 Å². The molecule has 6 nitrogen and oxygen atoms in total. The van der Waals surface area contributed by atoms with Gasteiger partial charge in [0.1, 0.15) is 0 Å². The van der Waals surface area contributed by atoms with E-state index in [2.05, 4.69) is 10.2 Å². The molecular weight excluding hydrogens is 170 g/mol. The third-order valence-corrected chi connectivity index (χ3v) is 1.50. The molecule has 1 heterocycles. The van der Waals surface area contributed by atoms with Gasteiger partial charge in [-0.25, -0.2) is 0 Å². The molecule has 0 aromatic carbocycles. The van der Waals surface area contributed by atoms with Crippen LogP contribution in [0.2, 0.25) is 0 Å². The normalized spacial score (nSPS) is 13.5. The van der Waals surface area contributed by atoms with Gasteiger partial charge in [0.2, 0.25) is 0 Å². The number of likely N-dealkylation sites (N-methyl/N-ethyl adjacent to an activating group) is 1. The van der Waals surface area contributed by atoms with Crippen molar-refractivity contribution in [3.8, 4) is 0 Å². The second-order valence-corrected chi connectivity index (χ2v) is 3.24. The summed E-state index contributed by atoms with van der Waals surface area (Å²) in [6.07, 6.45) is 0.990. The van der Waals surface area contributed by atoms with E-state index >= 15 is 0 Å². The Bertz CT molecular complexity index is 259. The Morgan fingerprint density at radius 3 is 2.85 bits per heavy atom. The third kappa shape index (κ3) is 3.39. The lowest BCUT2D eigenvalue weighted by molar-refractivity contribution is 0.111. The molecule has 0 aliphatic rings. The Morgan fingerprint density at radius 2 is 2.38 bits per heavy atom. The summed E-state index contributed by atoms with van der Waals surface area (Å²) in [5, 5.41) is 17.2. The molecule has 0 amide bonds. The van der Waals surface area contributed by atoms with Crippen molar-refractivity contribution in [2.45, 2.75) is 12.6 Å². The minimum absolute atomic E-state index is 0.370. The Labute approximate surface area is 76.9 Å². The predicted molar refractivity (Wildman–Crippen MR) is 49.0 cm³/mol. The molecule has 0 spiro atoms. The molecule has 0 saturated carbocycles. The molecule has 0 aliphatic carbocycles. The van der Waals surface area contributed by atoms with Crippen LogP contribution in [0.3, 0.4) is 0 Å². The van der Waals surface area contributed by atoms with Crippen molar-refractivity contribution < 1.29 is 5.11 Å². The topological polar surface area (TPSA) is 80.2 Å². The van der Waals surface area contributed by atoms with Gasteiger partial charge in [-0.2, -0.15) is 9.90 Å². The van der Waals surface area contributed by atoms with Crippen LogP contribution in [-0.4, -0.2) is 51.7 Å². The van der Waals surface area contributed by atoms with Crippen LogP contribution in [0.1, 0.15) is 0 Å². The van der Waals surface area contributed by atoms with E-state index in [1.165, 1.54) is 11.0 Å². The average molecular weight is 185 g/mol. The second kappa shape index (κ2) is 4.20. The van der Waals surface area contributed by atoms with Crippen molar-refractivity contribution in [3.05, 3.63) is 6.20 Å². The fraction of sp³-hybridized carbons (Fsp3) is 0.714. The van der Waals surface area contributed by atoms with Crippen molar-refractivity contribution in [1.82, 2.24) is 19.9 Å². The Kier molecular flexibility index (Phi) is 3.21. The number of hydrogen-bond donors (Lipinski definition) is 2. The molecule has 1 aromatic rings. The largest absolute Gasteiger partial charge is 0.390 e. The van der Waals surface area contributed by atoms with E-state index in [4.69, 9.17) is 5.73 Å². The van der Waals surface area contributed by atoms with Crippen LogP contribution in [0.25, 0.3) is 0 Å². The van der Waals surface area contributed by atoms with Gasteiger partial charge in [-0.1, -0.05) is 0 Å². The third-order valence-electron chi connectivity index (χ3n) is 1.50. The molecule has 3 N–H and O–H groups in total. The van der Waals surface area contributed by atoms with Crippen molar-refractivity contribution in [2.75, 3.05) is 26.4 Å². The molecular formula is C7H15N5O. The molecule has 0 radical (unpaired) electrons. The lowest BCUT2D eigenvalue weighted by Gasteiger charge is -2.14. The Balaban J connectivity index is 2.40. The first-order valence-electron chi connectivity index (χ1n) is 4.06. The van der Waals surface area contributed by atoms with Gasteiger partial charge in [-0.05, 0) is 14.1 Å². The van der Waals surface area contributed by atoms with Crippen LogP contribution in [0.15, 0.2) is 6.20 Å². The number of aromatic nitrogens is 3. The van der Waals surface area contributed by atoms with Crippen LogP contribution in [0.4, 0.5) is 5.82 Å². The van der Waals surface area contributed by atoms with E-state index in [9.17, 15) is 5.11 Å². The summed E-state index contributed by atoms with van der Waals surface area (Å²) in [6.45, 7) is 0.955. The van der Waals surface area contributed by atoms with Crippen LogP contribution in [0.5, 0.6) is 0 Å². The van der Waals surface area contributed by atoms with E-state index in [-0.39, 0.29) is 0 Å². The molecule has 1 unspecified atom stereocenters. The number of nitrogens with two attached hydrogens (primary N) is 1. The smallest absolute Gasteiger partial charge is 0.165 e. The SMILES string of the molecule is CN(C)CC(O)Cn1ncc(N)n1. The molecule has 1 aromatic heterocycles. The van der Waals surface area contributed by atoms with E-state index in [0.29, 0.717) is 18.9 Å². The van der Waals surface area contributed by atoms with E-state index in [1.807, 2.05) is 19.0 Å². The number of aliphatic hydroxyl groups excluding tert-OH is 1. The van der Waals surface area contributed by atoms with Gasteiger partial charge < -0.3 is 15.7 Å². The maximum Gasteiger partial charge on any atom is 0.165 e. The minimum atomic E-state index is -0.471. The highest BCUT2D eigenvalue weighted by atomic mass is 16.3. The standard InChI is InChI=1S/C7H15N5O/c1-11(2)4-6(13)5-12-9-3-7(8)10-12/h3,6,13H,4-5H2,1-2H3,(H2,8,10). The zero-order valence-electron chi connectivity index (χ0n) is 7.88. The fourth-order valence-electron chi connectivity index (χ4n) is 1.07. The van der Waals surface area contributed by atoms with Gasteiger partial charge in [0.05, 0.1) is 18.8 Å². The summed E-state index contributed by atoms with van der Waals surface area (Å²) in [6, 6.07) is 0. The highest BCUT2D eigenvalue weighted by molar-refractivity contribution is 5.19. The monoisotopic (exact) mass is 185 g/mol. The molecule has 1 rings (SSSR count). The van der Waals surface area contributed by atoms with Gasteiger partial charge >= 0.3 is 0 Å². The fourth-order valence-corrected chi connectivity index (χ4v) is 1.07. The summed E-state index contributed by atoms with van der Waals surface area (Å²) in [7, 11) is 3.79. The Morgan fingerprint density at radius 1 is 1.69 bits per heavy atom. The minimum Gasteiger partial charge on any atom is -0.390 e. The molecule has 0 aliphatic heterocycles. The predicted octanol–water partition coefficient (Wildman–Crippen LogP) is -1.22. The lowest BCUT2D eigenvalue weighted by atomic mass is 10.3. The number of anilines is 1. The van der Waals surface area contributed by atoms with Gasteiger partial charge in [-0.3, -0.25) is 0 Å². The molecule has 0 bridgehead atoms. The highest BCUT2D eigenvalue weighted by Crippen LogP contribution is 1.94. The van der Waals surface area contributed by atoms with E-state index < -0.39 is 6.10 Å². The average Bonchev–Trinajstić information content (AvgIpc) is 2.33. The molecule has 74 valence electrons. The first kappa shape index (κ1) is 9.94. The number of aliphatic hydroxyl groups is 1. The quantitative estimate of drug-likeness (QED) is 0.614. The number of nitrogen functional groups attached to an aromatic ring is 1. The molecule has 0 saturated heterocycles. The van der Waals surface area contributed by atoms with Crippen molar-refractivity contribution in [1.29, 1.82) is 0 Å². The van der Waals surface area contributed by atoms with Gasteiger partial charge in [-0.15, -0.1) is 5.10 Å². The molecule has 13 heavy (non-hydrogen) atoms. The van der Waals surface area contributed by atoms with Crippen molar-refractivity contribution in [3.63, 3.8) is 0 Å². The maximum atomic E-state index is 9.50. The summed E-state index contributed by atoms with van der Waals surface area (Å²) in [5.41, 5.74) is 5.37. The zero-order valence-corrected chi connectivity index (χ0v) is 7.88. The number of nitrogens with zero attached hydrogens (tertiary/aromatic N) is 4. The summed E-state index contributed by atoms with van der Waals surface area (Å²) >= 11 is 0. The van der Waals surface area contributed by atoms with Gasteiger partial charge in [0.15, 0.2) is 5.82 Å². The number of rotatable bonds is 4. The van der Waals surface area contributed by atoms with Crippen LogP contribution >= 0.6 is 0 Å².